The maximum absolute atomic E-state index is 10.5. The van der Waals surface area contributed by atoms with Crippen molar-refractivity contribution in [3.8, 4) is 0 Å². The summed E-state index contributed by atoms with van der Waals surface area (Å²) in [7, 11) is 0. The topological polar surface area (TPSA) is 140 Å². The van der Waals surface area contributed by atoms with Crippen molar-refractivity contribution in [3.05, 3.63) is 11.9 Å². The Hall–Kier alpha value is -2.32. The Morgan fingerprint density at radius 1 is 1.44 bits per heavy atom. The summed E-state index contributed by atoms with van der Waals surface area (Å²) < 4.78 is 0. The summed E-state index contributed by atoms with van der Waals surface area (Å²) in [4.78, 5) is 20.7. The lowest BCUT2D eigenvalue weighted by Gasteiger charge is -2.13. The summed E-state index contributed by atoms with van der Waals surface area (Å²) in [6.45, 7) is 0.118. The van der Waals surface area contributed by atoms with Gasteiger partial charge in [0.15, 0.2) is 0 Å². The number of aromatic amines is 1. The van der Waals surface area contributed by atoms with Crippen molar-refractivity contribution >= 4 is 12.2 Å². The maximum atomic E-state index is 10.5. The fraction of sp³-hybridized carbons (Fsp3) is 0.429. The molecule has 2 amide bonds. The number of rotatable bonds is 5. The summed E-state index contributed by atoms with van der Waals surface area (Å²) in [5.74, 6) is 0. The third-order valence-corrected chi connectivity index (χ3v) is 1.80. The van der Waals surface area contributed by atoms with E-state index in [2.05, 4.69) is 26.0 Å². The van der Waals surface area contributed by atoms with E-state index in [-0.39, 0.29) is 13.0 Å². The Morgan fingerprint density at radius 2 is 2.19 bits per heavy atom. The molecule has 0 aromatic carbocycles. The van der Waals surface area contributed by atoms with E-state index in [0.29, 0.717) is 5.69 Å². The molecule has 1 aromatic rings. The van der Waals surface area contributed by atoms with Gasteiger partial charge in [0.1, 0.15) is 5.69 Å². The summed E-state index contributed by atoms with van der Waals surface area (Å²) in [5.41, 5.74) is 0.412. The summed E-state index contributed by atoms with van der Waals surface area (Å²) in [6.07, 6.45) is -0.732. The molecule has 0 radical (unpaired) electrons. The van der Waals surface area contributed by atoms with Gasteiger partial charge in [0.25, 0.3) is 0 Å². The Kier molecular flexibility index (Phi) is 4.07. The number of H-pyrrole nitrogens is 1. The molecule has 0 fully saturated rings. The van der Waals surface area contributed by atoms with Crippen LogP contribution in [0.2, 0.25) is 0 Å². The average molecular weight is 229 g/mol. The molecular formula is C7H11N5O4. The van der Waals surface area contributed by atoms with E-state index in [1.54, 1.807) is 0 Å². The molecule has 0 saturated carbocycles. The molecule has 0 saturated heterocycles. The van der Waals surface area contributed by atoms with Gasteiger partial charge in [0.05, 0.1) is 12.2 Å². The highest BCUT2D eigenvalue weighted by Gasteiger charge is 2.16. The Bertz CT molecular complexity index is 352. The maximum Gasteiger partial charge on any atom is 0.405 e. The van der Waals surface area contributed by atoms with Gasteiger partial charge in [-0.15, -0.1) is 0 Å². The lowest BCUT2D eigenvalue weighted by molar-refractivity contribution is 0.187. The second kappa shape index (κ2) is 5.53. The van der Waals surface area contributed by atoms with Crippen molar-refractivity contribution < 1.29 is 19.8 Å². The van der Waals surface area contributed by atoms with Crippen LogP contribution in [0.1, 0.15) is 18.2 Å². The Morgan fingerprint density at radius 3 is 2.69 bits per heavy atom. The van der Waals surface area contributed by atoms with Crippen LogP contribution in [0.5, 0.6) is 0 Å². The molecule has 0 aliphatic carbocycles. The van der Waals surface area contributed by atoms with Gasteiger partial charge in [-0.05, 0) is 6.42 Å². The fourth-order valence-electron chi connectivity index (χ4n) is 1.14. The zero-order valence-electron chi connectivity index (χ0n) is 8.17. The first kappa shape index (κ1) is 11.8. The zero-order chi connectivity index (χ0) is 12.0. The number of carboxylic acid groups (broad SMARTS) is 2. The van der Waals surface area contributed by atoms with E-state index in [1.165, 1.54) is 6.20 Å². The second-order valence-corrected chi connectivity index (χ2v) is 2.92. The minimum Gasteiger partial charge on any atom is -0.465 e. The monoisotopic (exact) mass is 229 g/mol. The fourth-order valence-corrected chi connectivity index (χ4v) is 1.14. The number of amides is 2. The van der Waals surface area contributed by atoms with Crippen LogP contribution in [0.25, 0.3) is 0 Å². The molecule has 0 bridgehead atoms. The van der Waals surface area contributed by atoms with Crippen molar-refractivity contribution in [1.29, 1.82) is 0 Å². The van der Waals surface area contributed by atoms with Gasteiger partial charge >= 0.3 is 12.2 Å². The minimum absolute atomic E-state index is 0.118. The SMILES string of the molecule is O=C(O)NCCC(NC(=O)O)c1cn[nH]n1. The van der Waals surface area contributed by atoms with Crippen molar-refractivity contribution in [2.24, 2.45) is 0 Å². The third kappa shape index (κ3) is 3.82. The highest BCUT2D eigenvalue weighted by molar-refractivity contribution is 5.65. The van der Waals surface area contributed by atoms with Crippen molar-refractivity contribution in [1.82, 2.24) is 26.0 Å². The van der Waals surface area contributed by atoms with E-state index in [1.807, 2.05) is 0 Å². The highest BCUT2D eigenvalue weighted by Crippen LogP contribution is 2.11. The first-order valence-corrected chi connectivity index (χ1v) is 4.41. The standard InChI is InChI=1S/C7H11N5O4/c13-6(14)8-2-1-4(10-7(15)16)5-3-9-12-11-5/h3-4,8,10H,1-2H2,(H,13,14)(H,15,16)(H,9,11,12). The minimum atomic E-state index is -1.21. The van der Waals surface area contributed by atoms with Crippen LogP contribution in [0, 0.1) is 0 Å². The first-order valence-electron chi connectivity index (χ1n) is 4.41. The number of nitrogens with zero attached hydrogens (tertiary/aromatic N) is 2. The van der Waals surface area contributed by atoms with Gasteiger partial charge < -0.3 is 20.8 Å². The lowest BCUT2D eigenvalue weighted by atomic mass is 10.1. The van der Waals surface area contributed by atoms with Crippen LogP contribution in [0.15, 0.2) is 6.20 Å². The Labute approximate surface area is 89.9 Å². The molecule has 0 spiro atoms. The predicted octanol–water partition coefficient (Wildman–Crippen LogP) is -0.229. The van der Waals surface area contributed by atoms with Gasteiger partial charge in [-0.2, -0.15) is 15.4 Å². The molecular weight excluding hydrogens is 218 g/mol. The number of carbonyl (C=O) groups is 2. The molecule has 1 rings (SSSR count). The lowest BCUT2D eigenvalue weighted by Crippen LogP contribution is -2.31. The van der Waals surface area contributed by atoms with Crippen LogP contribution in [-0.4, -0.2) is 44.4 Å². The Balaban J connectivity index is 2.51. The van der Waals surface area contributed by atoms with Crippen molar-refractivity contribution in [2.45, 2.75) is 12.5 Å². The molecule has 1 unspecified atom stereocenters. The highest BCUT2D eigenvalue weighted by atomic mass is 16.4. The molecule has 88 valence electrons. The van der Waals surface area contributed by atoms with Crippen LogP contribution in [0.4, 0.5) is 9.59 Å². The molecule has 16 heavy (non-hydrogen) atoms. The molecule has 1 aromatic heterocycles. The number of hydrogen-bond acceptors (Lipinski definition) is 4. The molecule has 9 heteroatoms. The molecule has 0 aliphatic heterocycles. The molecule has 1 heterocycles. The predicted molar refractivity (Wildman–Crippen MR) is 50.9 cm³/mol. The molecule has 9 nitrogen and oxygen atoms in total. The molecule has 1 atom stereocenters. The second-order valence-electron chi connectivity index (χ2n) is 2.92. The van der Waals surface area contributed by atoms with Crippen molar-refractivity contribution in [2.75, 3.05) is 6.54 Å². The van der Waals surface area contributed by atoms with E-state index in [9.17, 15) is 9.59 Å². The molecule has 0 aliphatic rings. The summed E-state index contributed by atoms with van der Waals surface area (Å²) >= 11 is 0. The van der Waals surface area contributed by atoms with Gasteiger partial charge in [-0.1, -0.05) is 0 Å². The largest absolute Gasteiger partial charge is 0.465 e. The molecule has 5 N–H and O–H groups in total. The summed E-state index contributed by atoms with van der Waals surface area (Å²) in [6, 6.07) is -0.594. The number of aromatic nitrogens is 3. The number of nitrogens with one attached hydrogen (secondary N) is 3. The van der Waals surface area contributed by atoms with E-state index in [0.717, 1.165) is 0 Å². The van der Waals surface area contributed by atoms with Crippen molar-refractivity contribution in [3.63, 3.8) is 0 Å². The quantitative estimate of drug-likeness (QED) is 0.472. The number of hydrogen-bond donors (Lipinski definition) is 5. The van der Waals surface area contributed by atoms with Crippen LogP contribution < -0.4 is 10.6 Å². The van der Waals surface area contributed by atoms with Crippen LogP contribution in [0.3, 0.4) is 0 Å². The van der Waals surface area contributed by atoms with Gasteiger partial charge in [0.2, 0.25) is 0 Å². The van der Waals surface area contributed by atoms with Gasteiger partial charge in [0, 0.05) is 6.54 Å². The van der Waals surface area contributed by atoms with E-state index in [4.69, 9.17) is 10.2 Å². The first-order chi connectivity index (χ1) is 7.59. The smallest absolute Gasteiger partial charge is 0.405 e. The van der Waals surface area contributed by atoms with Gasteiger partial charge in [-0.25, -0.2) is 9.59 Å². The van der Waals surface area contributed by atoms with E-state index < -0.39 is 18.2 Å². The third-order valence-electron chi connectivity index (χ3n) is 1.80. The average Bonchev–Trinajstić information content (AvgIpc) is 2.67. The normalized spacial score (nSPS) is 11.8. The van der Waals surface area contributed by atoms with Gasteiger partial charge in [-0.3, -0.25) is 0 Å². The summed E-state index contributed by atoms with van der Waals surface area (Å²) in [5, 5.41) is 30.9. The van der Waals surface area contributed by atoms with E-state index >= 15 is 0 Å². The zero-order valence-corrected chi connectivity index (χ0v) is 8.17. The van der Waals surface area contributed by atoms with Crippen LogP contribution >= 0.6 is 0 Å². The van der Waals surface area contributed by atoms with Crippen LogP contribution in [-0.2, 0) is 0 Å².